The molecule has 0 aliphatic rings. The Hall–Kier alpha value is -1.35. The van der Waals surface area contributed by atoms with Gasteiger partial charge < -0.3 is 9.47 Å². The molecule has 3 nitrogen and oxygen atoms in total. The number of esters is 1. The van der Waals surface area contributed by atoms with Crippen LogP contribution in [0.5, 0.6) is 0 Å². The van der Waals surface area contributed by atoms with Gasteiger partial charge in [-0.15, -0.1) is 0 Å². The number of hydrogen-bond acceptors (Lipinski definition) is 3. The van der Waals surface area contributed by atoms with Crippen LogP contribution in [0.1, 0.15) is 78.2 Å². The maximum atomic E-state index is 12.0. The van der Waals surface area contributed by atoms with E-state index >= 15 is 0 Å². The van der Waals surface area contributed by atoms with Gasteiger partial charge in [-0.2, -0.15) is 0 Å². The summed E-state index contributed by atoms with van der Waals surface area (Å²) in [5, 5.41) is 0. The molecule has 0 N–H and O–H groups in total. The molecule has 0 heterocycles. The van der Waals surface area contributed by atoms with Gasteiger partial charge in [0.1, 0.15) is 5.60 Å². The molecule has 0 aliphatic carbocycles. The summed E-state index contributed by atoms with van der Waals surface area (Å²) < 4.78 is 11.2. The number of rotatable bonds is 4. The molecule has 3 heteroatoms. The van der Waals surface area contributed by atoms with Crippen molar-refractivity contribution in [2.45, 2.75) is 80.4 Å². The van der Waals surface area contributed by atoms with Crippen molar-refractivity contribution in [3.05, 3.63) is 35.4 Å². The molecule has 0 bridgehead atoms. The van der Waals surface area contributed by atoms with Gasteiger partial charge in [0, 0.05) is 0 Å². The van der Waals surface area contributed by atoms with E-state index in [2.05, 4.69) is 0 Å². The second-order valence-electron chi connectivity index (χ2n) is 6.42. The highest BCUT2D eigenvalue weighted by Crippen LogP contribution is 2.17. The first-order chi connectivity index (χ1) is 10.6. The van der Waals surface area contributed by atoms with Crippen LogP contribution in [0.25, 0.3) is 0 Å². The maximum absolute atomic E-state index is 12.0. The molecule has 0 saturated carbocycles. The molecule has 1 rings (SSSR count). The molecule has 0 radical (unpaired) electrons. The number of ether oxygens (including phenoxy) is 2. The zero-order valence-corrected chi connectivity index (χ0v) is 16.7. The van der Waals surface area contributed by atoms with Crippen molar-refractivity contribution in [2.75, 3.05) is 6.61 Å². The van der Waals surface area contributed by atoms with Crippen molar-refractivity contribution >= 4 is 5.97 Å². The molecule has 0 fully saturated rings. The molecule has 0 amide bonds. The van der Waals surface area contributed by atoms with Crippen LogP contribution in [0.15, 0.2) is 24.3 Å². The zero-order chi connectivity index (χ0) is 18.7. The Balaban J connectivity index is 0. The van der Waals surface area contributed by atoms with Crippen molar-refractivity contribution in [3.8, 4) is 0 Å². The number of carbonyl (C=O) groups excluding carboxylic acids is 1. The second kappa shape index (κ2) is 11.2. The highest BCUT2D eigenvalue weighted by molar-refractivity contribution is 5.89. The SMILES string of the molecule is CC.CC.Cc1ccc(C(=O)OC(C)(C)COC(C)(C)C)cc1. The van der Waals surface area contributed by atoms with E-state index in [1.165, 1.54) is 0 Å². The van der Waals surface area contributed by atoms with E-state index in [1.807, 2.05) is 81.4 Å². The van der Waals surface area contributed by atoms with E-state index in [0.29, 0.717) is 12.2 Å². The lowest BCUT2D eigenvalue weighted by Crippen LogP contribution is -2.37. The van der Waals surface area contributed by atoms with Crippen LogP contribution >= 0.6 is 0 Å². The Bertz CT molecular complexity index is 425. The maximum Gasteiger partial charge on any atom is 0.338 e. The second-order valence-corrected chi connectivity index (χ2v) is 6.42. The lowest BCUT2D eigenvalue weighted by atomic mass is 10.1. The Morgan fingerprint density at radius 2 is 1.35 bits per heavy atom. The summed E-state index contributed by atoms with van der Waals surface area (Å²) in [7, 11) is 0. The van der Waals surface area contributed by atoms with Gasteiger partial charge in [0.15, 0.2) is 0 Å². The minimum Gasteiger partial charge on any atom is -0.454 e. The van der Waals surface area contributed by atoms with Gasteiger partial charge in [0.25, 0.3) is 0 Å². The minimum absolute atomic E-state index is 0.243. The molecule has 0 spiro atoms. The molecule has 1 aromatic carbocycles. The van der Waals surface area contributed by atoms with E-state index in [9.17, 15) is 4.79 Å². The van der Waals surface area contributed by atoms with Crippen LogP contribution in [0.3, 0.4) is 0 Å². The molecule has 134 valence electrons. The van der Waals surface area contributed by atoms with Gasteiger partial charge in [-0.1, -0.05) is 45.4 Å². The topological polar surface area (TPSA) is 35.5 Å². The smallest absolute Gasteiger partial charge is 0.338 e. The van der Waals surface area contributed by atoms with Gasteiger partial charge in [-0.3, -0.25) is 0 Å². The van der Waals surface area contributed by atoms with Crippen LogP contribution in [0.2, 0.25) is 0 Å². The third-order valence-corrected chi connectivity index (χ3v) is 2.51. The monoisotopic (exact) mass is 324 g/mol. The standard InChI is InChI=1S/C16H24O3.2C2H6/c1-12-7-9-13(10-8-12)14(17)19-16(5,6)11-18-15(2,3)4;2*1-2/h7-10H,11H2,1-6H3;2*1-2H3. The average molecular weight is 325 g/mol. The predicted octanol–water partition coefficient (Wildman–Crippen LogP) is 5.80. The highest BCUT2D eigenvalue weighted by atomic mass is 16.6. The first-order valence-electron chi connectivity index (χ1n) is 8.53. The normalized spacial score (nSPS) is 10.7. The lowest BCUT2D eigenvalue weighted by Gasteiger charge is -2.29. The van der Waals surface area contributed by atoms with Gasteiger partial charge in [-0.25, -0.2) is 4.79 Å². The Morgan fingerprint density at radius 3 is 1.74 bits per heavy atom. The fraction of sp³-hybridized carbons (Fsp3) is 0.650. The Labute approximate surface area is 143 Å². The number of benzene rings is 1. The molecule has 0 atom stereocenters. The summed E-state index contributed by atoms with van der Waals surface area (Å²) in [6.07, 6.45) is 0. The van der Waals surface area contributed by atoms with Gasteiger partial charge in [-0.05, 0) is 53.7 Å². The molecule has 1 aromatic rings. The fourth-order valence-electron chi connectivity index (χ4n) is 1.42. The quantitative estimate of drug-likeness (QED) is 0.657. The van der Waals surface area contributed by atoms with E-state index in [1.54, 1.807) is 12.1 Å². The van der Waals surface area contributed by atoms with Crippen molar-refractivity contribution in [3.63, 3.8) is 0 Å². The van der Waals surface area contributed by atoms with Crippen molar-refractivity contribution < 1.29 is 14.3 Å². The van der Waals surface area contributed by atoms with Crippen LogP contribution in [0, 0.1) is 6.92 Å². The Kier molecular flexibility index (Phi) is 11.7. The fourth-order valence-corrected chi connectivity index (χ4v) is 1.42. The third-order valence-electron chi connectivity index (χ3n) is 2.51. The van der Waals surface area contributed by atoms with Crippen molar-refractivity contribution in [1.82, 2.24) is 0 Å². The van der Waals surface area contributed by atoms with Gasteiger partial charge in [0.05, 0.1) is 17.8 Å². The summed E-state index contributed by atoms with van der Waals surface area (Å²) >= 11 is 0. The number of hydrogen-bond donors (Lipinski definition) is 0. The Morgan fingerprint density at radius 1 is 0.913 bits per heavy atom. The predicted molar refractivity (Wildman–Crippen MR) is 99.1 cm³/mol. The minimum atomic E-state index is -0.644. The molecular formula is C20H36O3. The van der Waals surface area contributed by atoms with Gasteiger partial charge in [0.2, 0.25) is 0 Å². The van der Waals surface area contributed by atoms with E-state index in [0.717, 1.165) is 5.56 Å². The average Bonchev–Trinajstić information content (AvgIpc) is 2.49. The van der Waals surface area contributed by atoms with Crippen LogP contribution < -0.4 is 0 Å². The highest BCUT2D eigenvalue weighted by Gasteiger charge is 2.26. The number of aryl methyl sites for hydroxylation is 1. The van der Waals surface area contributed by atoms with Crippen LogP contribution in [0.4, 0.5) is 0 Å². The van der Waals surface area contributed by atoms with Crippen LogP contribution in [-0.2, 0) is 9.47 Å². The largest absolute Gasteiger partial charge is 0.454 e. The van der Waals surface area contributed by atoms with Crippen molar-refractivity contribution in [1.29, 1.82) is 0 Å². The summed E-state index contributed by atoms with van der Waals surface area (Å²) in [6, 6.07) is 7.35. The lowest BCUT2D eigenvalue weighted by molar-refractivity contribution is -0.0917. The van der Waals surface area contributed by atoms with E-state index in [4.69, 9.17) is 9.47 Å². The van der Waals surface area contributed by atoms with E-state index < -0.39 is 5.60 Å². The molecule has 0 aromatic heterocycles. The summed E-state index contributed by atoms with van der Waals surface area (Å²) in [5.74, 6) is -0.317. The molecule has 0 aliphatic heterocycles. The summed E-state index contributed by atoms with van der Waals surface area (Å²) in [4.78, 5) is 12.0. The molecular weight excluding hydrogens is 288 g/mol. The van der Waals surface area contributed by atoms with Crippen molar-refractivity contribution in [2.24, 2.45) is 0 Å². The van der Waals surface area contributed by atoms with E-state index in [-0.39, 0.29) is 11.6 Å². The summed E-state index contributed by atoms with van der Waals surface area (Å²) in [5.41, 5.74) is 0.796. The molecule has 0 unspecified atom stereocenters. The van der Waals surface area contributed by atoms with Crippen LogP contribution in [-0.4, -0.2) is 23.8 Å². The molecule has 23 heavy (non-hydrogen) atoms. The van der Waals surface area contributed by atoms with Gasteiger partial charge >= 0.3 is 5.97 Å². The zero-order valence-electron chi connectivity index (χ0n) is 16.7. The molecule has 0 saturated heterocycles. The summed E-state index contributed by atoms with van der Waals surface area (Å²) in [6.45, 7) is 20.0. The number of carbonyl (C=O) groups is 1. The first kappa shape index (κ1) is 23.9. The first-order valence-corrected chi connectivity index (χ1v) is 8.53. The third kappa shape index (κ3) is 11.8.